The van der Waals surface area contributed by atoms with Gasteiger partial charge in [0.1, 0.15) is 0 Å². The number of carbonyl (C=O) groups is 1. The Morgan fingerprint density at radius 3 is 3.06 bits per heavy atom. The molecule has 1 aromatic rings. The van der Waals surface area contributed by atoms with E-state index in [0.29, 0.717) is 6.54 Å². The third kappa shape index (κ3) is 3.65. The number of hydrogen-bond acceptors (Lipinski definition) is 3. The average Bonchev–Trinajstić information content (AvgIpc) is 2.90. The smallest absolute Gasteiger partial charge is 0.319 e. The molecule has 1 heterocycles. The summed E-state index contributed by atoms with van der Waals surface area (Å²) < 4.78 is 5.45. The van der Waals surface area contributed by atoms with Gasteiger partial charge in [0.2, 0.25) is 0 Å². The van der Waals surface area contributed by atoms with Crippen LogP contribution in [0.25, 0.3) is 0 Å². The zero-order valence-electron chi connectivity index (χ0n) is 10.4. The molecule has 0 spiro atoms. The zero-order chi connectivity index (χ0) is 12.8. The van der Waals surface area contributed by atoms with Crippen molar-refractivity contribution in [2.24, 2.45) is 0 Å². The van der Waals surface area contributed by atoms with E-state index in [2.05, 4.69) is 10.6 Å². The molecule has 0 saturated carbocycles. The summed E-state index contributed by atoms with van der Waals surface area (Å²) in [6.07, 6.45) is 4.28. The topological polar surface area (TPSA) is 50.4 Å². The molecule has 0 aliphatic carbocycles. The minimum atomic E-state index is -0.174. The standard InChI is InChI=1S/C13H18N2O2S/c1-18-12-7-3-2-6-11(12)15-13(16)14-9-10-5-4-8-17-10/h2-3,6-7,10H,4-5,8-9H2,1H3,(H2,14,15,16)/t10-/m1/s1. The molecule has 1 aromatic carbocycles. The Morgan fingerprint density at radius 2 is 2.33 bits per heavy atom. The second kappa shape index (κ2) is 6.66. The first-order valence-electron chi connectivity index (χ1n) is 6.09. The fraction of sp³-hybridized carbons (Fsp3) is 0.462. The Labute approximate surface area is 111 Å². The minimum absolute atomic E-state index is 0.173. The Balaban J connectivity index is 1.82. The van der Waals surface area contributed by atoms with Crippen LogP contribution in [-0.4, -0.2) is 31.5 Å². The summed E-state index contributed by atoms with van der Waals surface area (Å²) in [5.41, 5.74) is 0.842. The van der Waals surface area contributed by atoms with Gasteiger partial charge in [0.05, 0.1) is 11.8 Å². The highest BCUT2D eigenvalue weighted by molar-refractivity contribution is 7.98. The molecule has 0 radical (unpaired) electrons. The lowest BCUT2D eigenvalue weighted by Crippen LogP contribution is -2.35. The lowest BCUT2D eigenvalue weighted by molar-refractivity contribution is 0.112. The number of nitrogens with one attached hydrogen (secondary N) is 2. The molecular formula is C13H18N2O2S. The highest BCUT2D eigenvalue weighted by Gasteiger charge is 2.16. The van der Waals surface area contributed by atoms with Gasteiger partial charge in [0.25, 0.3) is 0 Å². The monoisotopic (exact) mass is 266 g/mol. The van der Waals surface area contributed by atoms with Gasteiger partial charge in [-0.3, -0.25) is 0 Å². The first kappa shape index (κ1) is 13.2. The van der Waals surface area contributed by atoms with Crippen molar-refractivity contribution in [2.45, 2.75) is 23.8 Å². The van der Waals surface area contributed by atoms with Gasteiger partial charge in [-0.25, -0.2) is 4.79 Å². The van der Waals surface area contributed by atoms with Crippen LogP contribution in [0.15, 0.2) is 29.2 Å². The summed E-state index contributed by atoms with van der Waals surface area (Å²) in [4.78, 5) is 12.8. The van der Waals surface area contributed by atoms with Crippen molar-refractivity contribution in [3.8, 4) is 0 Å². The molecular weight excluding hydrogens is 248 g/mol. The summed E-state index contributed by atoms with van der Waals surface area (Å²) in [6.45, 7) is 1.39. The second-order valence-electron chi connectivity index (χ2n) is 4.17. The van der Waals surface area contributed by atoms with Gasteiger partial charge in [0.15, 0.2) is 0 Å². The van der Waals surface area contributed by atoms with Gasteiger partial charge in [-0.15, -0.1) is 11.8 Å². The van der Waals surface area contributed by atoms with E-state index in [1.54, 1.807) is 11.8 Å². The largest absolute Gasteiger partial charge is 0.376 e. The molecule has 0 bridgehead atoms. The van der Waals surface area contributed by atoms with E-state index in [1.165, 1.54) is 0 Å². The fourth-order valence-electron chi connectivity index (χ4n) is 1.93. The van der Waals surface area contributed by atoms with Gasteiger partial charge < -0.3 is 15.4 Å². The van der Waals surface area contributed by atoms with E-state index in [0.717, 1.165) is 30.0 Å². The highest BCUT2D eigenvalue weighted by atomic mass is 32.2. The maximum Gasteiger partial charge on any atom is 0.319 e. The van der Waals surface area contributed by atoms with Crippen LogP contribution in [0.2, 0.25) is 0 Å². The number of ether oxygens (including phenoxy) is 1. The average molecular weight is 266 g/mol. The van der Waals surface area contributed by atoms with Crippen LogP contribution in [0.5, 0.6) is 0 Å². The molecule has 5 heteroatoms. The number of para-hydroxylation sites is 1. The van der Waals surface area contributed by atoms with Gasteiger partial charge in [0, 0.05) is 18.0 Å². The summed E-state index contributed by atoms with van der Waals surface area (Å²) >= 11 is 1.61. The van der Waals surface area contributed by atoms with Crippen molar-refractivity contribution >= 4 is 23.5 Å². The molecule has 18 heavy (non-hydrogen) atoms. The molecule has 4 nitrogen and oxygen atoms in total. The zero-order valence-corrected chi connectivity index (χ0v) is 11.3. The molecule has 2 N–H and O–H groups in total. The summed E-state index contributed by atoms with van der Waals surface area (Å²) in [7, 11) is 0. The quantitative estimate of drug-likeness (QED) is 0.824. The van der Waals surface area contributed by atoms with E-state index in [1.807, 2.05) is 30.5 Å². The SMILES string of the molecule is CSc1ccccc1NC(=O)NC[C@H]1CCCO1. The molecule has 1 fully saturated rings. The lowest BCUT2D eigenvalue weighted by atomic mass is 10.2. The number of thioether (sulfide) groups is 1. The van der Waals surface area contributed by atoms with Crippen LogP contribution < -0.4 is 10.6 Å². The number of anilines is 1. The van der Waals surface area contributed by atoms with Gasteiger partial charge >= 0.3 is 6.03 Å². The number of amides is 2. The van der Waals surface area contributed by atoms with Crippen molar-refractivity contribution in [3.05, 3.63) is 24.3 Å². The Bertz CT molecular complexity index is 406. The Morgan fingerprint density at radius 1 is 1.50 bits per heavy atom. The highest BCUT2D eigenvalue weighted by Crippen LogP contribution is 2.24. The van der Waals surface area contributed by atoms with Gasteiger partial charge in [-0.2, -0.15) is 0 Å². The molecule has 2 amide bonds. The van der Waals surface area contributed by atoms with Crippen LogP contribution in [-0.2, 0) is 4.74 Å². The summed E-state index contributed by atoms with van der Waals surface area (Å²) in [5, 5.41) is 5.70. The first-order valence-corrected chi connectivity index (χ1v) is 7.31. The summed E-state index contributed by atoms with van der Waals surface area (Å²) in [6, 6.07) is 7.58. The number of rotatable bonds is 4. The number of benzene rings is 1. The first-order chi connectivity index (χ1) is 8.79. The van der Waals surface area contributed by atoms with E-state index < -0.39 is 0 Å². The molecule has 1 aliphatic rings. The van der Waals surface area contributed by atoms with E-state index in [9.17, 15) is 4.79 Å². The van der Waals surface area contributed by atoms with Crippen molar-refractivity contribution in [2.75, 3.05) is 24.7 Å². The van der Waals surface area contributed by atoms with Crippen LogP contribution >= 0.6 is 11.8 Å². The fourth-order valence-corrected chi connectivity index (χ4v) is 2.48. The molecule has 1 atom stereocenters. The van der Waals surface area contributed by atoms with Crippen LogP contribution in [0.4, 0.5) is 10.5 Å². The predicted octanol–water partition coefficient (Wildman–Crippen LogP) is 2.71. The van der Waals surface area contributed by atoms with Crippen molar-refractivity contribution in [1.29, 1.82) is 0 Å². The minimum Gasteiger partial charge on any atom is -0.376 e. The Kier molecular flexibility index (Phi) is 4.90. The van der Waals surface area contributed by atoms with Gasteiger partial charge in [-0.05, 0) is 31.2 Å². The number of urea groups is 1. The molecule has 1 aliphatic heterocycles. The van der Waals surface area contributed by atoms with Crippen molar-refractivity contribution < 1.29 is 9.53 Å². The van der Waals surface area contributed by atoms with E-state index in [-0.39, 0.29) is 12.1 Å². The lowest BCUT2D eigenvalue weighted by Gasteiger charge is -2.13. The third-order valence-electron chi connectivity index (χ3n) is 2.87. The molecule has 0 aromatic heterocycles. The van der Waals surface area contributed by atoms with Gasteiger partial charge in [-0.1, -0.05) is 12.1 Å². The van der Waals surface area contributed by atoms with Crippen LogP contribution in [0.1, 0.15) is 12.8 Å². The van der Waals surface area contributed by atoms with E-state index >= 15 is 0 Å². The van der Waals surface area contributed by atoms with Crippen LogP contribution in [0, 0.1) is 0 Å². The molecule has 98 valence electrons. The number of hydrogen-bond donors (Lipinski definition) is 2. The second-order valence-corrected chi connectivity index (χ2v) is 5.02. The summed E-state index contributed by atoms with van der Waals surface area (Å²) in [5.74, 6) is 0. The predicted molar refractivity (Wildman–Crippen MR) is 74.2 cm³/mol. The Hall–Kier alpha value is -1.20. The van der Waals surface area contributed by atoms with Crippen molar-refractivity contribution in [1.82, 2.24) is 5.32 Å². The molecule has 0 unspecified atom stereocenters. The normalized spacial score (nSPS) is 18.6. The maximum absolute atomic E-state index is 11.8. The molecule has 1 saturated heterocycles. The molecule has 2 rings (SSSR count). The van der Waals surface area contributed by atoms with Crippen LogP contribution in [0.3, 0.4) is 0 Å². The maximum atomic E-state index is 11.8. The van der Waals surface area contributed by atoms with Crippen molar-refractivity contribution in [3.63, 3.8) is 0 Å². The number of carbonyl (C=O) groups excluding carboxylic acids is 1. The third-order valence-corrected chi connectivity index (χ3v) is 3.67. The van der Waals surface area contributed by atoms with E-state index in [4.69, 9.17) is 4.74 Å².